The van der Waals surface area contributed by atoms with Crippen LogP contribution in [0.2, 0.25) is 0 Å². The molecule has 1 N–H and O–H groups in total. The van der Waals surface area contributed by atoms with E-state index in [9.17, 15) is 13.6 Å². The lowest BCUT2D eigenvalue weighted by Crippen LogP contribution is -2.15. The summed E-state index contributed by atoms with van der Waals surface area (Å²) in [5.74, 6) is -0.658. The van der Waals surface area contributed by atoms with Gasteiger partial charge < -0.3 is 10.1 Å². The van der Waals surface area contributed by atoms with E-state index in [2.05, 4.69) is 15.0 Å². The van der Waals surface area contributed by atoms with Crippen molar-refractivity contribution in [2.75, 3.05) is 5.32 Å². The van der Waals surface area contributed by atoms with E-state index in [1.54, 1.807) is 18.2 Å². The van der Waals surface area contributed by atoms with Gasteiger partial charge >= 0.3 is 6.61 Å². The van der Waals surface area contributed by atoms with E-state index in [-0.39, 0.29) is 11.6 Å². The highest BCUT2D eigenvalue weighted by atomic mass is 19.3. The molecular formula is C14H12F2N2O2. The molecule has 0 unspecified atom stereocenters. The minimum Gasteiger partial charge on any atom is -0.431 e. The Morgan fingerprint density at radius 3 is 2.80 bits per heavy atom. The molecule has 2 rings (SSSR count). The van der Waals surface area contributed by atoms with Crippen molar-refractivity contribution in [3.05, 3.63) is 53.7 Å². The average Bonchev–Trinajstić information content (AvgIpc) is 2.40. The van der Waals surface area contributed by atoms with Gasteiger partial charge in [0.2, 0.25) is 0 Å². The third kappa shape index (κ3) is 3.50. The van der Waals surface area contributed by atoms with Gasteiger partial charge in [-0.1, -0.05) is 17.7 Å². The number of hydrogen-bond donors (Lipinski definition) is 1. The van der Waals surface area contributed by atoms with Crippen molar-refractivity contribution in [2.24, 2.45) is 0 Å². The van der Waals surface area contributed by atoms with Crippen molar-refractivity contribution in [3.8, 4) is 5.75 Å². The fourth-order valence-electron chi connectivity index (χ4n) is 1.64. The van der Waals surface area contributed by atoms with Crippen molar-refractivity contribution < 1.29 is 18.3 Å². The third-order valence-electron chi connectivity index (χ3n) is 2.50. The summed E-state index contributed by atoms with van der Waals surface area (Å²) in [5.41, 5.74) is 1.33. The van der Waals surface area contributed by atoms with Crippen LogP contribution in [0.3, 0.4) is 0 Å². The minimum absolute atomic E-state index is 0.0423. The molecule has 2 aromatic rings. The summed E-state index contributed by atoms with van der Waals surface area (Å²) in [7, 11) is 0. The molecule has 0 aliphatic heterocycles. The van der Waals surface area contributed by atoms with Gasteiger partial charge in [-0.2, -0.15) is 8.78 Å². The second-order valence-electron chi connectivity index (χ2n) is 4.05. The normalized spacial score (nSPS) is 10.4. The van der Waals surface area contributed by atoms with Gasteiger partial charge in [-0.3, -0.25) is 4.79 Å². The molecule has 1 aromatic heterocycles. The quantitative estimate of drug-likeness (QED) is 0.934. The molecule has 0 saturated heterocycles. The molecule has 0 spiro atoms. The number of carbonyl (C=O) groups excluding carboxylic acids is 1. The van der Waals surface area contributed by atoms with Crippen LogP contribution in [0.1, 0.15) is 15.9 Å². The molecule has 0 bridgehead atoms. The van der Waals surface area contributed by atoms with Gasteiger partial charge in [0.05, 0.1) is 0 Å². The maximum absolute atomic E-state index is 12.3. The van der Waals surface area contributed by atoms with Crippen LogP contribution < -0.4 is 10.1 Å². The second-order valence-corrected chi connectivity index (χ2v) is 4.05. The van der Waals surface area contributed by atoms with Crippen LogP contribution in [0.5, 0.6) is 5.75 Å². The zero-order chi connectivity index (χ0) is 14.5. The summed E-state index contributed by atoms with van der Waals surface area (Å²) in [6.45, 7) is -1.13. The summed E-state index contributed by atoms with van der Waals surface area (Å²) in [6, 6.07) is 9.65. The topological polar surface area (TPSA) is 51.2 Å². The average molecular weight is 278 g/mol. The van der Waals surface area contributed by atoms with Crippen molar-refractivity contribution in [1.82, 2.24) is 4.98 Å². The van der Waals surface area contributed by atoms with Crippen molar-refractivity contribution in [3.63, 3.8) is 0 Å². The van der Waals surface area contributed by atoms with E-state index in [1.807, 2.05) is 13.0 Å². The Balaban J connectivity index is 2.19. The van der Waals surface area contributed by atoms with Gasteiger partial charge in [-0.15, -0.1) is 0 Å². The number of hydrogen-bond acceptors (Lipinski definition) is 3. The van der Waals surface area contributed by atoms with Gasteiger partial charge in [0, 0.05) is 11.8 Å². The van der Waals surface area contributed by atoms with Gasteiger partial charge in [0.1, 0.15) is 0 Å². The third-order valence-corrected chi connectivity index (χ3v) is 2.50. The summed E-state index contributed by atoms with van der Waals surface area (Å²) in [6.07, 6.45) is 1.38. The maximum atomic E-state index is 12.3. The molecule has 1 aromatic carbocycles. The number of anilines is 1. The number of aromatic nitrogens is 1. The Morgan fingerprint density at radius 2 is 2.10 bits per heavy atom. The fourth-order valence-corrected chi connectivity index (χ4v) is 1.64. The van der Waals surface area contributed by atoms with Crippen molar-refractivity contribution >= 4 is 11.7 Å². The van der Waals surface area contributed by atoms with E-state index in [0.717, 1.165) is 5.56 Å². The summed E-state index contributed by atoms with van der Waals surface area (Å²) < 4.78 is 28.8. The number of carbonyl (C=O) groups is 1. The van der Waals surface area contributed by atoms with Gasteiger partial charge in [-0.05, 0) is 31.2 Å². The maximum Gasteiger partial charge on any atom is 0.387 e. The van der Waals surface area contributed by atoms with Crippen LogP contribution >= 0.6 is 0 Å². The first-order valence-electron chi connectivity index (χ1n) is 5.84. The number of nitrogens with zero attached hydrogens (tertiary/aromatic N) is 1. The Bertz CT molecular complexity index is 618. The monoisotopic (exact) mass is 278 g/mol. The predicted molar refractivity (Wildman–Crippen MR) is 70.0 cm³/mol. The van der Waals surface area contributed by atoms with E-state index in [1.165, 1.54) is 18.3 Å². The standard InChI is InChI=1S/C14H12F2N2O2/c1-9-4-2-5-10(8-9)13(19)18-12-11(20-14(15)16)6-3-7-17-12/h2-8,14H,1H3,(H,17,18,19). The van der Waals surface area contributed by atoms with Gasteiger partial charge in [-0.25, -0.2) is 4.98 Å². The molecule has 0 radical (unpaired) electrons. The zero-order valence-electron chi connectivity index (χ0n) is 10.6. The first-order chi connectivity index (χ1) is 9.56. The van der Waals surface area contributed by atoms with Crippen LogP contribution in [0, 0.1) is 6.92 Å². The highest BCUT2D eigenvalue weighted by Crippen LogP contribution is 2.23. The molecule has 6 heteroatoms. The first-order valence-corrected chi connectivity index (χ1v) is 5.84. The fraction of sp³-hybridized carbons (Fsp3) is 0.143. The van der Waals surface area contributed by atoms with Crippen molar-refractivity contribution in [1.29, 1.82) is 0 Å². The number of aryl methyl sites for hydroxylation is 1. The zero-order valence-corrected chi connectivity index (χ0v) is 10.6. The first kappa shape index (κ1) is 13.9. The lowest BCUT2D eigenvalue weighted by atomic mass is 10.1. The van der Waals surface area contributed by atoms with E-state index >= 15 is 0 Å². The Kier molecular flexibility index (Phi) is 4.24. The number of pyridine rings is 1. The van der Waals surface area contributed by atoms with E-state index in [0.29, 0.717) is 5.56 Å². The number of benzene rings is 1. The molecular weight excluding hydrogens is 266 g/mol. The molecule has 20 heavy (non-hydrogen) atoms. The number of halogens is 2. The lowest BCUT2D eigenvalue weighted by Gasteiger charge is -2.10. The van der Waals surface area contributed by atoms with Gasteiger partial charge in [0.15, 0.2) is 11.6 Å². The Hall–Kier alpha value is -2.50. The van der Waals surface area contributed by atoms with Crippen LogP contribution in [0.15, 0.2) is 42.6 Å². The summed E-state index contributed by atoms with van der Waals surface area (Å²) in [5, 5.41) is 2.45. The van der Waals surface area contributed by atoms with Crippen LogP contribution in [-0.2, 0) is 0 Å². The smallest absolute Gasteiger partial charge is 0.387 e. The predicted octanol–water partition coefficient (Wildman–Crippen LogP) is 3.24. The SMILES string of the molecule is Cc1cccc(C(=O)Nc2ncccc2OC(F)F)c1. The highest BCUT2D eigenvalue weighted by molar-refractivity contribution is 6.04. The number of rotatable bonds is 4. The second kappa shape index (κ2) is 6.10. The number of amides is 1. The summed E-state index contributed by atoms with van der Waals surface area (Å²) >= 11 is 0. The lowest BCUT2D eigenvalue weighted by molar-refractivity contribution is -0.0495. The van der Waals surface area contributed by atoms with Crippen LogP contribution in [0.25, 0.3) is 0 Å². The molecule has 0 atom stereocenters. The van der Waals surface area contributed by atoms with E-state index in [4.69, 9.17) is 0 Å². The molecule has 1 heterocycles. The summed E-state index contributed by atoms with van der Waals surface area (Å²) in [4.78, 5) is 15.8. The molecule has 104 valence electrons. The largest absolute Gasteiger partial charge is 0.431 e. The Morgan fingerprint density at radius 1 is 1.30 bits per heavy atom. The highest BCUT2D eigenvalue weighted by Gasteiger charge is 2.13. The molecule has 0 aliphatic rings. The minimum atomic E-state index is -2.98. The van der Waals surface area contributed by atoms with Crippen molar-refractivity contribution in [2.45, 2.75) is 13.5 Å². The number of alkyl halides is 2. The molecule has 4 nitrogen and oxygen atoms in total. The Labute approximate surface area is 114 Å². The van der Waals surface area contributed by atoms with Crippen LogP contribution in [0.4, 0.5) is 14.6 Å². The molecule has 0 aliphatic carbocycles. The molecule has 1 amide bonds. The number of ether oxygens (including phenoxy) is 1. The molecule has 0 saturated carbocycles. The van der Waals surface area contributed by atoms with Crippen LogP contribution in [-0.4, -0.2) is 17.5 Å². The van der Waals surface area contributed by atoms with Gasteiger partial charge in [0.25, 0.3) is 5.91 Å². The number of nitrogens with one attached hydrogen (secondary N) is 1. The van der Waals surface area contributed by atoms with E-state index < -0.39 is 12.5 Å². The molecule has 0 fully saturated rings.